The SMILES string of the molecule is CC1c2cc3c4cc(-c5ccccc5-c5ccccc5)ccc4n(-c4cccnc4)c3c3c2-c2c(cc4c5cc(-c6ccccc6-c6ccccc6)ccc5n(-c5cccnc5)c4c2C(C)C3C)C1C. The summed E-state index contributed by atoms with van der Waals surface area (Å²) in [6, 6.07) is 67.3. The van der Waals surface area contributed by atoms with Gasteiger partial charge in [0.2, 0.25) is 0 Å². The summed E-state index contributed by atoms with van der Waals surface area (Å²) in [6.07, 6.45) is 7.84. The lowest BCUT2D eigenvalue weighted by atomic mass is 9.62. The maximum Gasteiger partial charge on any atom is 0.0645 e. The van der Waals surface area contributed by atoms with Crippen molar-refractivity contribution < 1.29 is 0 Å². The summed E-state index contributed by atoms with van der Waals surface area (Å²) in [5.74, 6) is 0.956. The molecule has 334 valence electrons. The first kappa shape index (κ1) is 40.7. The normalized spacial score (nSPS) is 17.1. The fraction of sp³-hybridized carbons (Fsp3) is 0.121. The fourth-order valence-corrected chi connectivity index (χ4v) is 12.7. The first-order chi connectivity index (χ1) is 34.4. The quantitative estimate of drug-likeness (QED) is 0.167. The summed E-state index contributed by atoms with van der Waals surface area (Å²) >= 11 is 0. The monoisotopic (exact) mass is 898 g/mol. The average molecular weight is 899 g/mol. The van der Waals surface area contributed by atoms with Crippen molar-refractivity contribution in [3.8, 4) is 67.0 Å². The molecule has 0 saturated carbocycles. The summed E-state index contributed by atoms with van der Waals surface area (Å²) in [6.45, 7) is 9.93. The van der Waals surface area contributed by atoms with Gasteiger partial charge in [0.1, 0.15) is 0 Å². The largest absolute Gasteiger partial charge is 0.307 e. The van der Waals surface area contributed by atoms with Gasteiger partial charge in [-0.05, 0) is 162 Å². The highest BCUT2D eigenvalue weighted by Crippen LogP contribution is 2.61. The van der Waals surface area contributed by atoms with Crippen LogP contribution in [0.3, 0.4) is 0 Å². The van der Waals surface area contributed by atoms with Gasteiger partial charge >= 0.3 is 0 Å². The highest BCUT2D eigenvalue weighted by molar-refractivity contribution is 6.18. The van der Waals surface area contributed by atoms with E-state index in [1.165, 1.54) is 122 Å². The van der Waals surface area contributed by atoms with E-state index in [-0.39, 0.29) is 23.7 Å². The third-order valence-electron chi connectivity index (χ3n) is 16.3. The maximum atomic E-state index is 4.72. The molecule has 8 aromatic carbocycles. The molecule has 0 bridgehead atoms. The molecule has 0 amide bonds. The number of fused-ring (bicyclic) bond motifs is 8. The van der Waals surface area contributed by atoms with E-state index < -0.39 is 0 Å². The first-order valence-corrected chi connectivity index (χ1v) is 24.9. The van der Waals surface area contributed by atoms with Crippen LogP contribution in [0.25, 0.3) is 111 Å². The van der Waals surface area contributed by atoms with Gasteiger partial charge in [0.05, 0.1) is 45.8 Å². The molecule has 14 rings (SSSR count). The minimum atomic E-state index is 0.190. The summed E-state index contributed by atoms with van der Waals surface area (Å²) < 4.78 is 5.05. The fourth-order valence-electron chi connectivity index (χ4n) is 12.7. The van der Waals surface area contributed by atoms with Gasteiger partial charge in [-0.15, -0.1) is 0 Å². The predicted octanol–water partition coefficient (Wildman–Crippen LogP) is 17.4. The molecule has 0 fully saturated rings. The second-order valence-electron chi connectivity index (χ2n) is 19.8. The molecule has 2 aliphatic carbocycles. The first-order valence-electron chi connectivity index (χ1n) is 24.9. The van der Waals surface area contributed by atoms with E-state index >= 15 is 0 Å². The Hall–Kier alpha value is -8.34. The second-order valence-corrected chi connectivity index (χ2v) is 19.8. The van der Waals surface area contributed by atoms with E-state index in [1.807, 2.05) is 24.8 Å². The molecule has 0 aliphatic heterocycles. The summed E-state index contributed by atoms with van der Waals surface area (Å²) in [5.41, 5.74) is 25.6. The van der Waals surface area contributed by atoms with Crippen LogP contribution < -0.4 is 0 Å². The van der Waals surface area contributed by atoms with E-state index in [4.69, 9.17) is 9.97 Å². The lowest BCUT2D eigenvalue weighted by molar-refractivity contribution is 0.584. The smallest absolute Gasteiger partial charge is 0.0645 e. The van der Waals surface area contributed by atoms with E-state index in [9.17, 15) is 0 Å². The van der Waals surface area contributed by atoms with Crippen LogP contribution in [-0.4, -0.2) is 19.1 Å². The van der Waals surface area contributed by atoms with E-state index in [0.29, 0.717) is 0 Å². The molecule has 70 heavy (non-hydrogen) atoms. The van der Waals surface area contributed by atoms with Crippen molar-refractivity contribution in [2.24, 2.45) is 0 Å². The Bertz CT molecular complexity index is 3790. The maximum absolute atomic E-state index is 4.72. The Morgan fingerprint density at radius 3 is 1.11 bits per heavy atom. The number of benzene rings is 8. The molecule has 0 N–H and O–H groups in total. The molecule has 0 saturated heterocycles. The lowest BCUT2D eigenvalue weighted by Crippen LogP contribution is -2.24. The topological polar surface area (TPSA) is 35.6 Å². The Labute approximate surface area is 408 Å². The van der Waals surface area contributed by atoms with Crippen LogP contribution in [0.15, 0.2) is 207 Å². The molecule has 0 radical (unpaired) electrons. The van der Waals surface area contributed by atoms with Gasteiger partial charge in [-0.3, -0.25) is 9.97 Å². The van der Waals surface area contributed by atoms with Crippen molar-refractivity contribution in [1.29, 1.82) is 0 Å². The summed E-state index contributed by atoms with van der Waals surface area (Å²) in [7, 11) is 0. The zero-order chi connectivity index (χ0) is 46.8. The number of hydrogen-bond donors (Lipinski definition) is 0. The zero-order valence-electron chi connectivity index (χ0n) is 39.7. The lowest BCUT2D eigenvalue weighted by Gasteiger charge is -2.42. The van der Waals surface area contributed by atoms with E-state index in [2.05, 4.69) is 219 Å². The van der Waals surface area contributed by atoms with Gasteiger partial charge in [0.15, 0.2) is 0 Å². The Balaban J connectivity index is 1.08. The summed E-state index contributed by atoms with van der Waals surface area (Å²) in [5, 5.41) is 5.16. The highest BCUT2D eigenvalue weighted by Gasteiger charge is 2.42. The van der Waals surface area contributed by atoms with Gasteiger partial charge in [-0.2, -0.15) is 0 Å². The molecular weight excluding hydrogens is 849 g/mol. The number of hydrogen-bond acceptors (Lipinski definition) is 2. The minimum absolute atomic E-state index is 0.190. The van der Waals surface area contributed by atoms with E-state index in [1.54, 1.807) is 0 Å². The molecule has 4 heteroatoms. The second kappa shape index (κ2) is 15.6. The van der Waals surface area contributed by atoms with Crippen molar-refractivity contribution in [1.82, 2.24) is 19.1 Å². The predicted molar refractivity (Wildman–Crippen MR) is 292 cm³/mol. The van der Waals surface area contributed by atoms with Gasteiger partial charge in [0, 0.05) is 33.9 Å². The number of nitrogens with zero attached hydrogens (tertiary/aromatic N) is 4. The van der Waals surface area contributed by atoms with Crippen molar-refractivity contribution in [2.75, 3.05) is 0 Å². The molecule has 4 nitrogen and oxygen atoms in total. The van der Waals surface area contributed by atoms with Crippen molar-refractivity contribution >= 4 is 43.6 Å². The molecular formula is C66H50N4. The minimum Gasteiger partial charge on any atom is -0.307 e. The number of aromatic nitrogens is 4. The number of pyridine rings is 2. The zero-order valence-corrected chi connectivity index (χ0v) is 39.7. The molecule has 0 spiro atoms. The van der Waals surface area contributed by atoms with Crippen LogP contribution in [0.1, 0.15) is 73.6 Å². The number of rotatable bonds is 6. The molecule has 12 aromatic rings. The van der Waals surface area contributed by atoms with Crippen molar-refractivity contribution in [3.63, 3.8) is 0 Å². The van der Waals surface area contributed by atoms with Crippen molar-refractivity contribution in [3.05, 3.63) is 229 Å². The summed E-state index contributed by atoms with van der Waals surface area (Å²) in [4.78, 5) is 9.44. The van der Waals surface area contributed by atoms with Crippen molar-refractivity contribution in [2.45, 2.75) is 51.4 Å². The third-order valence-corrected chi connectivity index (χ3v) is 16.3. The Morgan fingerprint density at radius 1 is 0.343 bits per heavy atom. The highest BCUT2D eigenvalue weighted by atomic mass is 15.0. The van der Waals surface area contributed by atoms with Crippen LogP contribution in [0.2, 0.25) is 0 Å². The molecule has 4 unspecified atom stereocenters. The molecule has 4 aromatic heterocycles. The van der Waals surface area contributed by atoms with Crippen LogP contribution in [0.4, 0.5) is 0 Å². The third kappa shape index (κ3) is 5.83. The van der Waals surface area contributed by atoms with Gasteiger partial charge in [0.25, 0.3) is 0 Å². The average Bonchev–Trinajstić information content (AvgIpc) is 3.93. The standard InChI is InChI=1S/C66H50N4/c1-39-40(2)54-36-58-56-34-46(52-26-14-12-24-50(52)44-19-9-6-10-20-44)28-30-60(56)70(48-22-16-32-68-38-48)66(58)62-42(4)41(3)61-63(64(54)62)53(39)35-57-55-33-45(51-25-13-11-23-49(51)43-17-7-5-8-18-43)27-29-59(55)69(65(57)61)47-21-15-31-67-37-47/h5-42H,1-4H3. The van der Waals surface area contributed by atoms with Gasteiger partial charge in [-0.25, -0.2) is 0 Å². The van der Waals surface area contributed by atoms with Crippen LogP contribution in [0.5, 0.6) is 0 Å². The molecule has 4 atom stereocenters. The Kier molecular flexibility index (Phi) is 9.07. The van der Waals surface area contributed by atoms with E-state index in [0.717, 1.165) is 11.4 Å². The van der Waals surface area contributed by atoms with Crippen LogP contribution in [0, 0.1) is 0 Å². The molecule has 4 heterocycles. The van der Waals surface area contributed by atoms with Gasteiger partial charge < -0.3 is 9.13 Å². The molecule has 2 aliphatic rings. The Morgan fingerprint density at radius 2 is 0.729 bits per heavy atom. The van der Waals surface area contributed by atoms with Crippen LogP contribution in [-0.2, 0) is 0 Å². The van der Waals surface area contributed by atoms with Gasteiger partial charge in [-0.1, -0.05) is 149 Å². The van der Waals surface area contributed by atoms with Crippen LogP contribution >= 0.6 is 0 Å².